The van der Waals surface area contributed by atoms with Gasteiger partial charge in [0.2, 0.25) is 0 Å². The van der Waals surface area contributed by atoms with Crippen molar-refractivity contribution in [3.63, 3.8) is 0 Å². The summed E-state index contributed by atoms with van der Waals surface area (Å²) in [6.07, 6.45) is 1.04. The molecule has 0 aliphatic heterocycles. The largest absolute Gasteiger partial charge is 0.488 e. The molecule has 5 heteroatoms. The number of carbonyl (C=O) groups is 2. The van der Waals surface area contributed by atoms with Crippen LogP contribution >= 0.6 is 0 Å². The highest BCUT2D eigenvalue weighted by atomic mass is 16.5. The summed E-state index contributed by atoms with van der Waals surface area (Å²) in [4.78, 5) is 23.6. The molecule has 2 amide bonds. The molecular weight excluding hydrogens is 304 g/mol. The Morgan fingerprint density at radius 1 is 1.21 bits per heavy atom. The Kier molecular flexibility index (Phi) is 4.51. The molecule has 24 heavy (non-hydrogen) atoms. The number of hydrogen-bond donors (Lipinski definition) is 2. The maximum absolute atomic E-state index is 12.2. The number of carbonyl (C=O) groups excluding carboxylic acids is 2. The van der Waals surface area contributed by atoms with Gasteiger partial charge in [0.15, 0.2) is 0 Å². The molecule has 3 rings (SSSR count). The van der Waals surface area contributed by atoms with Gasteiger partial charge >= 0.3 is 0 Å². The highest BCUT2D eigenvalue weighted by Crippen LogP contribution is 2.29. The van der Waals surface area contributed by atoms with Crippen LogP contribution in [0.15, 0.2) is 48.5 Å². The fourth-order valence-corrected chi connectivity index (χ4v) is 2.53. The number of nitrogens with two attached hydrogens (primary N) is 1. The number of ether oxygens (including phenoxy) is 1. The Labute approximate surface area is 140 Å². The van der Waals surface area contributed by atoms with E-state index in [9.17, 15) is 9.59 Å². The number of nitrogens with one attached hydrogen (secondary N) is 1. The zero-order valence-corrected chi connectivity index (χ0v) is 13.5. The molecule has 1 aliphatic rings. The average Bonchev–Trinajstić information content (AvgIpc) is 3.28. The Balaban J connectivity index is 1.67. The molecule has 2 aromatic rings. The van der Waals surface area contributed by atoms with Crippen LogP contribution in [0.1, 0.15) is 39.6 Å². The number of hydrogen-bond acceptors (Lipinski definition) is 3. The molecule has 1 fully saturated rings. The van der Waals surface area contributed by atoms with E-state index in [1.807, 2.05) is 12.1 Å². The first-order valence-electron chi connectivity index (χ1n) is 7.96. The molecule has 2 unspecified atom stereocenters. The second kappa shape index (κ2) is 6.74. The lowest BCUT2D eigenvalue weighted by Gasteiger charge is -2.10. The summed E-state index contributed by atoms with van der Waals surface area (Å²) < 4.78 is 5.70. The van der Waals surface area contributed by atoms with E-state index in [2.05, 4.69) is 12.2 Å². The van der Waals surface area contributed by atoms with Crippen LogP contribution in [0.4, 0.5) is 0 Å². The van der Waals surface area contributed by atoms with Gasteiger partial charge in [-0.15, -0.1) is 0 Å². The number of benzene rings is 2. The van der Waals surface area contributed by atoms with E-state index in [4.69, 9.17) is 10.5 Å². The third-order valence-electron chi connectivity index (χ3n) is 4.16. The van der Waals surface area contributed by atoms with Crippen LogP contribution in [0.25, 0.3) is 0 Å². The highest BCUT2D eigenvalue weighted by molar-refractivity contribution is 5.95. The molecule has 1 aliphatic carbocycles. The lowest BCUT2D eigenvalue weighted by molar-refractivity contribution is 0.0948. The quantitative estimate of drug-likeness (QED) is 0.856. The van der Waals surface area contributed by atoms with Gasteiger partial charge in [0.25, 0.3) is 11.8 Å². The smallest absolute Gasteiger partial charge is 0.252 e. The van der Waals surface area contributed by atoms with Crippen molar-refractivity contribution >= 4 is 11.8 Å². The minimum absolute atomic E-state index is 0.0660. The van der Waals surface area contributed by atoms with Crippen LogP contribution in [0.2, 0.25) is 0 Å². The first-order chi connectivity index (χ1) is 11.5. The van der Waals surface area contributed by atoms with Crippen molar-refractivity contribution in [2.75, 3.05) is 0 Å². The lowest BCUT2D eigenvalue weighted by Crippen LogP contribution is -2.26. The molecule has 0 bridgehead atoms. The van der Waals surface area contributed by atoms with Crippen LogP contribution in [0, 0.1) is 5.92 Å². The Morgan fingerprint density at radius 2 is 1.96 bits per heavy atom. The highest BCUT2D eigenvalue weighted by Gasteiger charge is 2.33. The molecule has 0 saturated heterocycles. The van der Waals surface area contributed by atoms with Crippen LogP contribution in [0.3, 0.4) is 0 Å². The molecule has 2 atom stereocenters. The second-order valence-electron chi connectivity index (χ2n) is 6.14. The minimum atomic E-state index is -0.530. The summed E-state index contributed by atoms with van der Waals surface area (Å²) in [6, 6.07) is 14.4. The monoisotopic (exact) mass is 324 g/mol. The van der Waals surface area contributed by atoms with Gasteiger partial charge in [0.1, 0.15) is 12.4 Å². The van der Waals surface area contributed by atoms with Gasteiger partial charge in [-0.05, 0) is 42.2 Å². The summed E-state index contributed by atoms with van der Waals surface area (Å²) in [5.41, 5.74) is 7.14. The van der Waals surface area contributed by atoms with E-state index < -0.39 is 5.91 Å². The molecule has 5 nitrogen and oxygen atoms in total. The molecule has 124 valence electrons. The van der Waals surface area contributed by atoms with Crippen molar-refractivity contribution in [3.8, 4) is 5.75 Å². The average molecular weight is 324 g/mol. The van der Waals surface area contributed by atoms with E-state index in [-0.39, 0.29) is 12.5 Å². The fourth-order valence-electron chi connectivity index (χ4n) is 2.53. The maximum atomic E-state index is 12.2. The molecular formula is C19H20N2O3. The van der Waals surface area contributed by atoms with Crippen LogP contribution in [-0.2, 0) is 6.61 Å². The SMILES string of the molecule is CC1CC1NC(=O)c1cccc(COc2ccccc2C(N)=O)c1. The summed E-state index contributed by atoms with van der Waals surface area (Å²) in [7, 11) is 0. The van der Waals surface area contributed by atoms with Crippen molar-refractivity contribution in [2.45, 2.75) is 26.0 Å². The molecule has 0 heterocycles. The number of primary amides is 1. The van der Waals surface area contributed by atoms with Crippen LogP contribution in [-0.4, -0.2) is 17.9 Å². The minimum Gasteiger partial charge on any atom is -0.488 e. The third kappa shape index (κ3) is 3.74. The van der Waals surface area contributed by atoms with E-state index in [0.29, 0.717) is 28.8 Å². The van der Waals surface area contributed by atoms with Crippen LogP contribution < -0.4 is 15.8 Å². The summed E-state index contributed by atoms with van der Waals surface area (Å²) in [5, 5.41) is 3.00. The Hall–Kier alpha value is -2.82. The van der Waals surface area contributed by atoms with E-state index in [0.717, 1.165) is 12.0 Å². The lowest BCUT2D eigenvalue weighted by atomic mass is 10.1. The number of para-hydroxylation sites is 1. The zero-order valence-electron chi connectivity index (χ0n) is 13.5. The Morgan fingerprint density at radius 3 is 2.67 bits per heavy atom. The fraction of sp³-hybridized carbons (Fsp3) is 0.263. The molecule has 0 radical (unpaired) electrons. The van der Waals surface area contributed by atoms with Crippen molar-refractivity contribution in [3.05, 3.63) is 65.2 Å². The van der Waals surface area contributed by atoms with Gasteiger partial charge < -0.3 is 15.8 Å². The standard InChI is InChI=1S/C19H20N2O3/c1-12-9-16(12)21-19(23)14-6-4-5-13(10-14)11-24-17-8-3-2-7-15(17)18(20)22/h2-8,10,12,16H,9,11H2,1H3,(H2,20,22)(H,21,23). The zero-order chi connectivity index (χ0) is 17.1. The third-order valence-corrected chi connectivity index (χ3v) is 4.16. The normalized spacial score (nSPS) is 18.7. The van der Waals surface area contributed by atoms with Crippen LogP contribution in [0.5, 0.6) is 5.75 Å². The topological polar surface area (TPSA) is 81.4 Å². The van der Waals surface area contributed by atoms with E-state index in [1.165, 1.54) is 0 Å². The van der Waals surface area contributed by atoms with Gasteiger partial charge in [0, 0.05) is 11.6 Å². The van der Waals surface area contributed by atoms with Crippen molar-refractivity contribution in [2.24, 2.45) is 11.7 Å². The number of rotatable bonds is 6. The van der Waals surface area contributed by atoms with Crippen molar-refractivity contribution in [1.82, 2.24) is 5.32 Å². The molecule has 3 N–H and O–H groups in total. The van der Waals surface area contributed by atoms with Crippen molar-refractivity contribution < 1.29 is 14.3 Å². The maximum Gasteiger partial charge on any atom is 0.252 e. The van der Waals surface area contributed by atoms with E-state index >= 15 is 0 Å². The molecule has 0 spiro atoms. The second-order valence-corrected chi connectivity index (χ2v) is 6.14. The van der Waals surface area contributed by atoms with Gasteiger partial charge in [-0.25, -0.2) is 0 Å². The molecule has 0 aromatic heterocycles. The summed E-state index contributed by atoms with van der Waals surface area (Å²) in [5.74, 6) is 0.401. The predicted molar refractivity (Wildman–Crippen MR) is 90.8 cm³/mol. The first kappa shape index (κ1) is 16.1. The van der Waals surface area contributed by atoms with Gasteiger partial charge in [-0.2, -0.15) is 0 Å². The summed E-state index contributed by atoms with van der Waals surface area (Å²) in [6.45, 7) is 2.37. The Bertz CT molecular complexity index is 773. The number of amides is 2. The summed E-state index contributed by atoms with van der Waals surface area (Å²) >= 11 is 0. The predicted octanol–water partition coefficient (Wildman–Crippen LogP) is 2.50. The van der Waals surface area contributed by atoms with Gasteiger partial charge in [0.05, 0.1) is 5.56 Å². The first-order valence-corrected chi connectivity index (χ1v) is 7.96. The van der Waals surface area contributed by atoms with Gasteiger partial charge in [-0.3, -0.25) is 9.59 Å². The van der Waals surface area contributed by atoms with Gasteiger partial charge in [-0.1, -0.05) is 31.2 Å². The molecule has 2 aromatic carbocycles. The van der Waals surface area contributed by atoms with E-state index in [1.54, 1.807) is 36.4 Å². The molecule has 1 saturated carbocycles. The van der Waals surface area contributed by atoms with Crippen molar-refractivity contribution in [1.29, 1.82) is 0 Å².